The van der Waals surface area contributed by atoms with Crippen LogP contribution in [0.5, 0.6) is 0 Å². The minimum atomic E-state index is -0.322. The number of halogens is 1. The van der Waals surface area contributed by atoms with Gasteiger partial charge in [-0.25, -0.2) is 4.39 Å². The molecule has 0 amide bonds. The van der Waals surface area contributed by atoms with Gasteiger partial charge < -0.3 is 4.57 Å². The lowest BCUT2D eigenvalue weighted by Gasteiger charge is -2.16. The molecule has 4 aromatic rings. The van der Waals surface area contributed by atoms with Crippen LogP contribution < -0.4 is 0 Å². The lowest BCUT2D eigenvalue weighted by Crippen LogP contribution is -2.01. The molecular weight excluding hydrogens is 341 g/mol. The molecule has 134 valence electrons. The summed E-state index contributed by atoms with van der Waals surface area (Å²) in [5, 5.41) is 0.811. The zero-order valence-corrected chi connectivity index (χ0v) is 15.1. The number of rotatable bonds is 4. The van der Waals surface area contributed by atoms with Crippen LogP contribution in [0.25, 0.3) is 27.7 Å². The van der Waals surface area contributed by atoms with Crippen molar-refractivity contribution >= 4 is 17.2 Å². The van der Waals surface area contributed by atoms with E-state index in [0.717, 1.165) is 39.7 Å². The Balaban J connectivity index is 2.04. The van der Waals surface area contributed by atoms with Crippen molar-refractivity contribution in [3.05, 3.63) is 78.3 Å². The van der Waals surface area contributed by atoms with Crippen molar-refractivity contribution in [2.45, 2.75) is 19.8 Å². The molecule has 0 spiro atoms. The van der Waals surface area contributed by atoms with Crippen LogP contribution in [-0.2, 0) is 0 Å². The van der Waals surface area contributed by atoms with Crippen molar-refractivity contribution in [3.63, 3.8) is 0 Å². The molecule has 0 aliphatic rings. The third-order valence-electron chi connectivity index (χ3n) is 4.66. The number of hydrogen-bond donors (Lipinski definition) is 0. The Bertz CT molecular complexity index is 1150. The Morgan fingerprint density at radius 2 is 1.96 bits per heavy atom. The van der Waals surface area contributed by atoms with Gasteiger partial charge in [-0.15, -0.1) is 0 Å². The standard InChI is InChI=1S/C22H18FN3O/c1-14(2)22-18(4-3-8-25-22)19-10-16(23)5-6-20(19)26-12-15(13-27)17-7-9-24-11-21(17)26/h3-14H,1-2H3. The molecule has 0 atom stereocenters. The fourth-order valence-electron chi connectivity index (χ4n) is 3.43. The molecule has 5 heteroatoms. The first kappa shape index (κ1) is 17.1. The first-order chi connectivity index (χ1) is 13.1. The van der Waals surface area contributed by atoms with E-state index in [1.165, 1.54) is 12.1 Å². The Hall–Kier alpha value is -3.34. The SMILES string of the molecule is CC(C)c1ncccc1-c1cc(F)ccc1-n1cc(C=O)c2ccncc21. The zero-order chi connectivity index (χ0) is 19.0. The van der Waals surface area contributed by atoms with E-state index in [0.29, 0.717) is 5.56 Å². The summed E-state index contributed by atoms with van der Waals surface area (Å²) >= 11 is 0. The third kappa shape index (κ3) is 2.91. The van der Waals surface area contributed by atoms with Gasteiger partial charge in [0.15, 0.2) is 6.29 Å². The van der Waals surface area contributed by atoms with Crippen LogP contribution in [0, 0.1) is 5.82 Å². The highest BCUT2D eigenvalue weighted by Crippen LogP contribution is 2.34. The molecule has 3 aromatic heterocycles. The van der Waals surface area contributed by atoms with Crippen LogP contribution in [0.4, 0.5) is 4.39 Å². The predicted molar refractivity (Wildman–Crippen MR) is 104 cm³/mol. The second-order valence-electron chi connectivity index (χ2n) is 6.72. The second kappa shape index (κ2) is 6.76. The summed E-state index contributed by atoms with van der Waals surface area (Å²) in [6.07, 6.45) is 7.70. The maximum atomic E-state index is 14.2. The summed E-state index contributed by atoms with van der Waals surface area (Å²) < 4.78 is 16.1. The van der Waals surface area contributed by atoms with Crippen LogP contribution >= 0.6 is 0 Å². The minimum Gasteiger partial charge on any atom is -0.314 e. The van der Waals surface area contributed by atoms with E-state index in [2.05, 4.69) is 23.8 Å². The van der Waals surface area contributed by atoms with Gasteiger partial charge in [0.25, 0.3) is 0 Å². The van der Waals surface area contributed by atoms with Crippen LogP contribution in [0.15, 0.2) is 61.2 Å². The quantitative estimate of drug-likeness (QED) is 0.473. The maximum Gasteiger partial charge on any atom is 0.152 e. The molecule has 0 bridgehead atoms. The third-order valence-corrected chi connectivity index (χ3v) is 4.66. The van der Waals surface area contributed by atoms with Gasteiger partial charge in [-0.2, -0.15) is 0 Å². The first-order valence-corrected chi connectivity index (χ1v) is 8.75. The number of fused-ring (bicyclic) bond motifs is 1. The lowest BCUT2D eigenvalue weighted by atomic mass is 9.96. The van der Waals surface area contributed by atoms with Gasteiger partial charge in [0.2, 0.25) is 0 Å². The van der Waals surface area contributed by atoms with Crippen molar-refractivity contribution in [1.29, 1.82) is 0 Å². The summed E-state index contributed by atoms with van der Waals surface area (Å²) in [7, 11) is 0. The number of carbonyl (C=O) groups excluding carboxylic acids is 1. The molecule has 0 aliphatic carbocycles. The molecule has 0 fully saturated rings. The van der Waals surface area contributed by atoms with E-state index in [1.807, 2.05) is 22.8 Å². The average Bonchev–Trinajstić information content (AvgIpc) is 3.06. The van der Waals surface area contributed by atoms with Gasteiger partial charge in [0, 0.05) is 40.7 Å². The van der Waals surface area contributed by atoms with Gasteiger partial charge >= 0.3 is 0 Å². The Morgan fingerprint density at radius 3 is 2.74 bits per heavy atom. The monoisotopic (exact) mass is 359 g/mol. The van der Waals surface area contributed by atoms with Gasteiger partial charge in [-0.1, -0.05) is 19.9 Å². The van der Waals surface area contributed by atoms with Crippen molar-refractivity contribution in [2.75, 3.05) is 0 Å². The number of benzene rings is 1. The molecule has 0 radical (unpaired) electrons. The topological polar surface area (TPSA) is 47.8 Å². The maximum absolute atomic E-state index is 14.2. The van der Waals surface area contributed by atoms with Crippen molar-refractivity contribution in [1.82, 2.24) is 14.5 Å². The van der Waals surface area contributed by atoms with Crippen LogP contribution in [0.1, 0.15) is 35.8 Å². The fraction of sp³-hybridized carbons (Fsp3) is 0.136. The van der Waals surface area contributed by atoms with Crippen LogP contribution in [-0.4, -0.2) is 20.8 Å². The van der Waals surface area contributed by atoms with Gasteiger partial charge in [0.1, 0.15) is 5.82 Å². The van der Waals surface area contributed by atoms with E-state index in [4.69, 9.17) is 0 Å². The van der Waals surface area contributed by atoms with E-state index in [1.54, 1.807) is 30.9 Å². The van der Waals surface area contributed by atoms with Crippen LogP contribution in [0.2, 0.25) is 0 Å². The number of hydrogen-bond acceptors (Lipinski definition) is 3. The predicted octanol–water partition coefficient (Wildman–Crippen LogP) is 5.16. The van der Waals surface area contributed by atoms with Crippen molar-refractivity contribution in [2.24, 2.45) is 0 Å². The molecule has 1 aromatic carbocycles. The first-order valence-electron chi connectivity index (χ1n) is 8.75. The molecule has 4 nitrogen and oxygen atoms in total. The molecule has 0 saturated carbocycles. The van der Waals surface area contributed by atoms with E-state index in [-0.39, 0.29) is 11.7 Å². The highest BCUT2D eigenvalue weighted by molar-refractivity contribution is 5.98. The summed E-state index contributed by atoms with van der Waals surface area (Å²) in [4.78, 5) is 20.2. The van der Waals surface area contributed by atoms with E-state index >= 15 is 0 Å². The number of nitrogens with zero attached hydrogens (tertiary/aromatic N) is 3. The van der Waals surface area contributed by atoms with E-state index in [9.17, 15) is 9.18 Å². The smallest absolute Gasteiger partial charge is 0.152 e. The minimum absolute atomic E-state index is 0.186. The highest BCUT2D eigenvalue weighted by atomic mass is 19.1. The molecule has 0 saturated heterocycles. The molecule has 0 aliphatic heterocycles. The Kier molecular flexibility index (Phi) is 4.28. The Labute approximate surface area is 156 Å². The van der Waals surface area contributed by atoms with Gasteiger partial charge in [-0.05, 0) is 36.2 Å². The average molecular weight is 359 g/mol. The fourth-order valence-corrected chi connectivity index (χ4v) is 3.43. The van der Waals surface area contributed by atoms with Crippen molar-refractivity contribution < 1.29 is 9.18 Å². The normalized spacial score (nSPS) is 11.3. The molecule has 4 rings (SSSR count). The molecule has 0 N–H and O–H groups in total. The zero-order valence-electron chi connectivity index (χ0n) is 15.1. The van der Waals surface area contributed by atoms with Gasteiger partial charge in [0.05, 0.1) is 23.1 Å². The number of pyridine rings is 2. The Morgan fingerprint density at radius 1 is 1.11 bits per heavy atom. The molecular formula is C22H18FN3O. The highest BCUT2D eigenvalue weighted by Gasteiger charge is 2.17. The lowest BCUT2D eigenvalue weighted by molar-refractivity contribution is 0.112. The summed E-state index contributed by atoms with van der Waals surface area (Å²) in [5.41, 5.74) is 4.64. The summed E-state index contributed by atoms with van der Waals surface area (Å²) in [5.74, 6) is -0.136. The van der Waals surface area contributed by atoms with E-state index < -0.39 is 0 Å². The number of aromatic nitrogens is 3. The van der Waals surface area contributed by atoms with Crippen LogP contribution in [0.3, 0.4) is 0 Å². The van der Waals surface area contributed by atoms with Gasteiger partial charge in [-0.3, -0.25) is 14.8 Å². The summed E-state index contributed by atoms with van der Waals surface area (Å²) in [6, 6.07) is 10.3. The number of carbonyl (C=O) groups is 1. The second-order valence-corrected chi connectivity index (χ2v) is 6.72. The molecule has 0 unspecified atom stereocenters. The number of aldehydes is 1. The molecule has 27 heavy (non-hydrogen) atoms. The largest absolute Gasteiger partial charge is 0.314 e. The summed E-state index contributed by atoms with van der Waals surface area (Å²) in [6.45, 7) is 4.12. The molecule has 3 heterocycles. The van der Waals surface area contributed by atoms with Crippen molar-refractivity contribution in [3.8, 4) is 16.8 Å².